The van der Waals surface area contributed by atoms with Gasteiger partial charge in [0.2, 0.25) is 0 Å². The number of carbonyl (C=O) groups excluding carboxylic acids is 2. The van der Waals surface area contributed by atoms with E-state index in [1.54, 1.807) is 0 Å². The smallest absolute Gasteiger partial charge is 0.309 e. The van der Waals surface area contributed by atoms with Gasteiger partial charge in [-0.1, -0.05) is 30.3 Å². The quantitative estimate of drug-likeness (QED) is 0.605. The number of carbonyl (C=O) groups is 2. The maximum atomic E-state index is 12.5. The number of benzene rings is 1. The molecule has 0 aliphatic carbocycles. The molecule has 2 rings (SSSR count). The number of hydrogen-bond acceptors (Lipinski definition) is 5. The highest BCUT2D eigenvalue weighted by Gasteiger charge is 2.25. The van der Waals surface area contributed by atoms with Gasteiger partial charge in [0, 0.05) is 6.42 Å². The molecule has 0 aliphatic rings. The number of methoxy groups -OCH3 is 1. The lowest BCUT2D eigenvalue weighted by molar-refractivity contribution is -0.145. The Labute approximate surface area is 134 Å². The van der Waals surface area contributed by atoms with E-state index in [0.717, 1.165) is 16.8 Å². The van der Waals surface area contributed by atoms with Crippen LogP contribution in [-0.4, -0.2) is 23.2 Å². The van der Waals surface area contributed by atoms with Crippen molar-refractivity contribution in [1.29, 1.82) is 0 Å². The Bertz CT molecular complexity index is 664. The summed E-state index contributed by atoms with van der Waals surface area (Å²) >= 11 is 1.20. The Hall–Kier alpha value is -2.01. The second-order valence-corrected chi connectivity index (χ2v) is 6.03. The van der Waals surface area contributed by atoms with Crippen molar-refractivity contribution in [3.8, 4) is 0 Å². The first-order valence-electron chi connectivity index (χ1n) is 7.10. The predicted octanol–water partition coefficient (Wildman–Crippen LogP) is 3.36. The number of aromatic nitrogens is 1. The zero-order valence-electron chi connectivity index (χ0n) is 13.0. The van der Waals surface area contributed by atoms with E-state index < -0.39 is 5.92 Å². The van der Waals surface area contributed by atoms with Gasteiger partial charge in [0.05, 0.1) is 23.6 Å². The van der Waals surface area contributed by atoms with Crippen molar-refractivity contribution < 1.29 is 14.3 Å². The molecule has 0 aliphatic heterocycles. The van der Waals surface area contributed by atoms with Gasteiger partial charge >= 0.3 is 5.97 Å². The maximum Gasteiger partial charge on any atom is 0.309 e. The van der Waals surface area contributed by atoms with Crippen LogP contribution in [0.4, 0.5) is 0 Å². The third-order valence-electron chi connectivity index (χ3n) is 3.70. The number of aryl methyl sites for hydroxylation is 1. The van der Waals surface area contributed by atoms with Crippen molar-refractivity contribution >= 4 is 23.3 Å². The lowest BCUT2D eigenvalue weighted by atomic mass is 9.93. The summed E-state index contributed by atoms with van der Waals surface area (Å²) in [7, 11) is 1.35. The van der Waals surface area contributed by atoms with Crippen LogP contribution in [0, 0.1) is 19.8 Å². The van der Waals surface area contributed by atoms with Gasteiger partial charge in [0.1, 0.15) is 0 Å². The second kappa shape index (κ2) is 7.31. The van der Waals surface area contributed by atoms with Crippen LogP contribution in [0.25, 0.3) is 0 Å². The molecule has 1 atom stereocenters. The predicted molar refractivity (Wildman–Crippen MR) is 86.2 cm³/mol. The van der Waals surface area contributed by atoms with Crippen LogP contribution in [0.3, 0.4) is 0 Å². The Balaban J connectivity index is 2.15. The van der Waals surface area contributed by atoms with Crippen molar-refractivity contribution in [2.75, 3.05) is 7.11 Å². The zero-order chi connectivity index (χ0) is 16.1. The van der Waals surface area contributed by atoms with E-state index in [9.17, 15) is 9.59 Å². The SMILES string of the molecule is COC(=O)[C@H](CC(=O)c1snc(C)c1C)Cc1ccccc1. The highest BCUT2D eigenvalue weighted by atomic mass is 32.1. The summed E-state index contributed by atoms with van der Waals surface area (Å²) < 4.78 is 9.05. The van der Waals surface area contributed by atoms with Gasteiger partial charge in [-0.25, -0.2) is 0 Å². The number of nitrogens with zero attached hydrogens (tertiary/aromatic N) is 1. The molecule has 0 N–H and O–H groups in total. The number of Topliss-reactive ketones (excluding diaryl/α,β-unsaturated/α-hetero) is 1. The molecule has 0 fully saturated rings. The molecule has 0 saturated heterocycles. The van der Waals surface area contributed by atoms with E-state index in [-0.39, 0.29) is 18.2 Å². The summed E-state index contributed by atoms with van der Waals surface area (Å²) in [6.45, 7) is 3.76. The monoisotopic (exact) mass is 317 g/mol. The molecule has 2 aromatic rings. The standard InChI is InChI=1S/C17H19NO3S/c1-11-12(2)18-22-16(11)15(19)10-14(17(20)21-3)9-13-7-5-4-6-8-13/h4-8,14H,9-10H2,1-3H3/t14-/m0/s1. The first-order valence-corrected chi connectivity index (χ1v) is 7.88. The van der Waals surface area contributed by atoms with Crippen molar-refractivity contribution in [2.45, 2.75) is 26.7 Å². The largest absolute Gasteiger partial charge is 0.469 e. The van der Waals surface area contributed by atoms with Crippen LogP contribution in [0.15, 0.2) is 30.3 Å². The van der Waals surface area contributed by atoms with E-state index >= 15 is 0 Å². The average Bonchev–Trinajstić information content (AvgIpc) is 2.86. The number of rotatable bonds is 6. The minimum atomic E-state index is -0.471. The van der Waals surface area contributed by atoms with E-state index in [4.69, 9.17) is 4.74 Å². The highest BCUT2D eigenvalue weighted by Crippen LogP contribution is 2.23. The van der Waals surface area contributed by atoms with Gasteiger partial charge in [0.15, 0.2) is 5.78 Å². The Morgan fingerprint density at radius 2 is 1.91 bits per heavy atom. The first kappa shape index (κ1) is 16.4. The molecule has 0 radical (unpaired) electrons. The van der Waals surface area contributed by atoms with Gasteiger partial charge in [-0.2, -0.15) is 4.37 Å². The molecule has 1 heterocycles. The minimum absolute atomic E-state index is 0.0468. The van der Waals surface area contributed by atoms with Gasteiger partial charge in [-0.05, 0) is 42.9 Å². The Morgan fingerprint density at radius 1 is 1.23 bits per heavy atom. The van der Waals surface area contributed by atoms with Crippen LogP contribution in [0.1, 0.15) is 32.9 Å². The fourth-order valence-electron chi connectivity index (χ4n) is 2.30. The van der Waals surface area contributed by atoms with Crippen LogP contribution in [-0.2, 0) is 16.0 Å². The summed E-state index contributed by atoms with van der Waals surface area (Å²) in [6, 6.07) is 9.65. The van der Waals surface area contributed by atoms with Crippen molar-refractivity contribution in [3.05, 3.63) is 52.0 Å². The summed E-state index contributed by atoms with van der Waals surface area (Å²) in [5, 5.41) is 0. The van der Waals surface area contributed by atoms with E-state index in [1.807, 2.05) is 44.2 Å². The van der Waals surface area contributed by atoms with Crippen molar-refractivity contribution in [3.63, 3.8) is 0 Å². The molecule has 4 nitrogen and oxygen atoms in total. The molecule has 0 bridgehead atoms. The normalized spacial score (nSPS) is 12.0. The van der Waals surface area contributed by atoms with Gasteiger partial charge in [-0.3, -0.25) is 9.59 Å². The molecular weight excluding hydrogens is 298 g/mol. The minimum Gasteiger partial charge on any atom is -0.469 e. The zero-order valence-corrected chi connectivity index (χ0v) is 13.8. The summed E-state index contributed by atoms with van der Waals surface area (Å²) in [5.41, 5.74) is 2.78. The molecule has 1 aromatic heterocycles. The van der Waals surface area contributed by atoms with E-state index in [2.05, 4.69) is 4.37 Å². The molecule has 0 spiro atoms. The van der Waals surface area contributed by atoms with E-state index in [1.165, 1.54) is 18.6 Å². The van der Waals surface area contributed by atoms with Crippen molar-refractivity contribution in [1.82, 2.24) is 4.37 Å². The van der Waals surface area contributed by atoms with Gasteiger partial charge in [-0.15, -0.1) is 0 Å². The fraction of sp³-hybridized carbons (Fsp3) is 0.353. The molecule has 0 amide bonds. The maximum absolute atomic E-state index is 12.5. The topological polar surface area (TPSA) is 56.3 Å². The first-order chi connectivity index (χ1) is 10.5. The summed E-state index contributed by atoms with van der Waals surface area (Å²) in [5.74, 6) is -0.868. The number of hydrogen-bond donors (Lipinski definition) is 0. The van der Waals surface area contributed by atoms with Crippen LogP contribution >= 0.6 is 11.5 Å². The third-order valence-corrected chi connectivity index (χ3v) is 4.78. The molecule has 116 valence electrons. The summed E-state index contributed by atoms with van der Waals surface area (Å²) in [4.78, 5) is 25.1. The third kappa shape index (κ3) is 3.80. The Morgan fingerprint density at radius 3 is 2.45 bits per heavy atom. The molecular formula is C17H19NO3S. The lowest BCUT2D eigenvalue weighted by Crippen LogP contribution is -2.22. The fourth-order valence-corrected chi connectivity index (χ4v) is 3.13. The van der Waals surface area contributed by atoms with Crippen LogP contribution < -0.4 is 0 Å². The molecule has 22 heavy (non-hydrogen) atoms. The van der Waals surface area contributed by atoms with Crippen molar-refractivity contribution in [2.24, 2.45) is 5.92 Å². The average molecular weight is 317 g/mol. The van der Waals surface area contributed by atoms with Crippen LogP contribution in [0.2, 0.25) is 0 Å². The molecule has 0 unspecified atom stereocenters. The highest BCUT2D eigenvalue weighted by molar-refractivity contribution is 7.08. The molecule has 5 heteroatoms. The Kier molecular flexibility index (Phi) is 5.44. The van der Waals surface area contributed by atoms with Gasteiger partial charge < -0.3 is 4.74 Å². The number of ether oxygens (including phenoxy) is 1. The second-order valence-electron chi connectivity index (χ2n) is 5.26. The lowest BCUT2D eigenvalue weighted by Gasteiger charge is -2.13. The number of ketones is 1. The van der Waals surface area contributed by atoms with Crippen LogP contribution in [0.5, 0.6) is 0 Å². The van der Waals surface area contributed by atoms with Gasteiger partial charge in [0.25, 0.3) is 0 Å². The van der Waals surface area contributed by atoms with E-state index in [0.29, 0.717) is 11.3 Å². The molecule has 0 saturated carbocycles. The summed E-state index contributed by atoms with van der Waals surface area (Å²) in [6.07, 6.45) is 0.639. The molecule has 1 aromatic carbocycles. The number of esters is 1.